The van der Waals surface area contributed by atoms with Crippen LogP contribution in [0.4, 0.5) is 5.69 Å². The van der Waals surface area contributed by atoms with Crippen LogP contribution in [0.3, 0.4) is 0 Å². The van der Waals surface area contributed by atoms with Crippen molar-refractivity contribution in [2.45, 2.75) is 53.1 Å². The summed E-state index contributed by atoms with van der Waals surface area (Å²) in [6.07, 6.45) is 2.98. The summed E-state index contributed by atoms with van der Waals surface area (Å²) in [7, 11) is 0. The number of hydrogen-bond donors (Lipinski definition) is 1. The molecule has 2 aromatic carbocycles. The van der Waals surface area contributed by atoms with Crippen molar-refractivity contribution >= 4 is 17.6 Å². The number of rotatable bonds is 5. The van der Waals surface area contributed by atoms with Gasteiger partial charge in [0, 0.05) is 5.56 Å². The van der Waals surface area contributed by atoms with Gasteiger partial charge in [-0.15, -0.1) is 0 Å². The van der Waals surface area contributed by atoms with Crippen LogP contribution < -0.4 is 5.06 Å². The maximum atomic E-state index is 12.9. The number of carbonyl (C=O) groups is 2. The number of hydroxylamine groups is 1. The quantitative estimate of drug-likeness (QED) is 0.394. The van der Waals surface area contributed by atoms with Crippen LogP contribution in [0.2, 0.25) is 0 Å². The van der Waals surface area contributed by atoms with Gasteiger partial charge in [-0.1, -0.05) is 51.5 Å². The molecule has 2 aromatic rings. The van der Waals surface area contributed by atoms with Gasteiger partial charge < -0.3 is 4.74 Å². The Morgan fingerprint density at radius 2 is 1.77 bits per heavy atom. The lowest BCUT2D eigenvalue weighted by Gasteiger charge is -2.36. The van der Waals surface area contributed by atoms with Crippen molar-refractivity contribution in [3.63, 3.8) is 0 Å². The summed E-state index contributed by atoms with van der Waals surface area (Å²) in [6, 6.07) is 13.5. The molecule has 0 aromatic heterocycles. The van der Waals surface area contributed by atoms with E-state index in [1.807, 2.05) is 0 Å². The zero-order valence-corrected chi connectivity index (χ0v) is 18.2. The minimum atomic E-state index is -0.551. The molecule has 1 amide bonds. The van der Waals surface area contributed by atoms with Crippen LogP contribution in [-0.2, 0) is 4.74 Å². The monoisotopic (exact) mass is 409 g/mol. The SMILES string of the molecule is Cc1ccc(C(=O)O[C@@H]2C[C@H](C)CC[C@H]2C(C)C)cc1N(O)C(=O)c1ccccc1. The molecule has 1 fully saturated rings. The Kier molecular flexibility index (Phi) is 6.93. The second kappa shape index (κ2) is 9.43. The number of benzene rings is 2. The Morgan fingerprint density at radius 1 is 1.07 bits per heavy atom. The van der Waals surface area contributed by atoms with Crippen molar-refractivity contribution in [3.8, 4) is 0 Å². The lowest BCUT2D eigenvalue weighted by molar-refractivity contribution is -0.0174. The average Bonchev–Trinajstić information content (AvgIpc) is 2.73. The van der Waals surface area contributed by atoms with Crippen molar-refractivity contribution < 1.29 is 19.5 Å². The molecule has 0 bridgehead atoms. The normalized spacial score (nSPS) is 21.3. The van der Waals surface area contributed by atoms with Gasteiger partial charge in [0.2, 0.25) is 0 Å². The van der Waals surface area contributed by atoms with E-state index in [1.165, 1.54) is 6.07 Å². The maximum absolute atomic E-state index is 12.9. The second-order valence-electron chi connectivity index (χ2n) is 8.75. The molecule has 5 nitrogen and oxygen atoms in total. The maximum Gasteiger partial charge on any atom is 0.338 e. The first-order chi connectivity index (χ1) is 14.3. The molecule has 0 spiro atoms. The first kappa shape index (κ1) is 22.0. The number of nitrogens with zero attached hydrogens (tertiary/aromatic N) is 1. The van der Waals surface area contributed by atoms with Gasteiger partial charge >= 0.3 is 5.97 Å². The fraction of sp³-hybridized carbons (Fsp3) is 0.440. The Labute approximate surface area is 178 Å². The molecule has 0 saturated heterocycles. The summed E-state index contributed by atoms with van der Waals surface area (Å²) in [5.41, 5.74) is 1.65. The van der Waals surface area contributed by atoms with E-state index in [0.29, 0.717) is 39.5 Å². The van der Waals surface area contributed by atoms with Gasteiger partial charge in [0.05, 0.1) is 11.3 Å². The average molecular weight is 410 g/mol. The number of aryl methyl sites for hydroxylation is 1. The van der Waals surface area contributed by atoms with E-state index in [2.05, 4.69) is 20.8 Å². The molecule has 3 atom stereocenters. The molecule has 5 heteroatoms. The number of anilines is 1. The third kappa shape index (κ3) is 4.90. The Hall–Kier alpha value is -2.66. The smallest absolute Gasteiger partial charge is 0.338 e. The van der Waals surface area contributed by atoms with E-state index in [9.17, 15) is 14.8 Å². The number of amides is 1. The molecule has 0 unspecified atom stereocenters. The molecule has 0 aliphatic heterocycles. The van der Waals surface area contributed by atoms with Crippen molar-refractivity contribution in [1.82, 2.24) is 0 Å². The molecular weight excluding hydrogens is 378 g/mol. The lowest BCUT2D eigenvalue weighted by Crippen LogP contribution is -2.36. The van der Waals surface area contributed by atoms with Gasteiger partial charge in [-0.25, -0.2) is 4.79 Å². The van der Waals surface area contributed by atoms with E-state index in [0.717, 1.165) is 19.3 Å². The van der Waals surface area contributed by atoms with Gasteiger partial charge in [0.15, 0.2) is 0 Å². The first-order valence-corrected chi connectivity index (χ1v) is 10.7. The highest BCUT2D eigenvalue weighted by Crippen LogP contribution is 2.36. The Balaban J connectivity index is 1.80. The fourth-order valence-corrected chi connectivity index (χ4v) is 4.23. The summed E-state index contributed by atoms with van der Waals surface area (Å²) in [4.78, 5) is 25.5. The number of ether oxygens (including phenoxy) is 1. The van der Waals surface area contributed by atoms with Crippen molar-refractivity contribution in [2.75, 3.05) is 5.06 Å². The lowest BCUT2D eigenvalue weighted by atomic mass is 9.75. The highest BCUT2D eigenvalue weighted by molar-refractivity contribution is 6.05. The highest BCUT2D eigenvalue weighted by Gasteiger charge is 2.33. The van der Waals surface area contributed by atoms with Crippen LogP contribution >= 0.6 is 0 Å². The molecular formula is C25H31NO4. The third-order valence-electron chi connectivity index (χ3n) is 6.11. The molecule has 0 radical (unpaired) electrons. The zero-order valence-electron chi connectivity index (χ0n) is 18.2. The number of esters is 1. The van der Waals surface area contributed by atoms with Crippen molar-refractivity contribution in [2.24, 2.45) is 17.8 Å². The summed E-state index contributed by atoms with van der Waals surface area (Å²) < 4.78 is 5.92. The summed E-state index contributed by atoms with van der Waals surface area (Å²) >= 11 is 0. The van der Waals surface area contributed by atoms with Gasteiger partial charge in [0.1, 0.15) is 6.10 Å². The Bertz CT molecular complexity index is 893. The standard InChI is InChI=1S/C25H31NO4/c1-16(2)21-13-10-17(3)14-23(21)30-25(28)20-12-11-18(4)22(15-20)26(29)24(27)19-8-6-5-7-9-19/h5-9,11-12,15-17,21,23,29H,10,13-14H2,1-4H3/t17-,21+,23-/m1/s1. The van der Waals surface area contributed by atoms with Crippen LogP contribution in [0.25, 0.3) is 0 Å². The molecule has 160 valence electrons. The van der Waals surface area contributed by atoms with Gasteiger partial charge in [-0.2, -0.15) is 5.06 Å². The van der Waals surface area contributed by atoms with Gasteiger partial charge in [0.25, 0.3) is 5.91 Å². The minimum Gasteiger partial charge on any atom is -0.458 e. The van der Waals surface area contributed by atoms with Gasteiger partial charge in [-0.3, -0.25) is 10.0 Å². The van der Waals surface area contributed by atoms with Crippen LogP contribution in [0.5, 0.6) is 0 Å². The van der Waals surface area contributed by atoms with E-state index >= 15 is 0 Å². The predicted molar refractivity (Wildman–Crippen MR) is 117 cm³/mol. The molecule has 1 aliphatic rings. The van der Waals surface area contributed by atoms with E-state index < -0.39 is 11.9 Å². The van der Waals surface area contributed by atoms with Crippen molar-refractivity contribution in [1.29, 1.82) is 0 Å². The van der Waals surface area contributed by atoms with E-state index in [-0.39, 0.29) is 11.8 Å². The summed E-state index contributed by atoms with van der Waals surface area (Å²) in [6.45, 7) is 8.32. The largest absolute Gasteiger partial charge is 0.458 e. The molecule has 1 saturated carbocycles. The zero-order chi connectivity index (χ0) is 21.8. The fourth-order valence-electron chi connectivity index (χ4n) is 4.23. The van der Waals surface area contributed by atoms with Crippen LogP contribution in [-0.4, -0.2) is 23.2 Å². The Morgan fingerprint density at radius 3 is 2.43 bits per heavy atom. The van der Waals surface area contributed by atoms with Crippen LogP contribution in [0, 0.1) is 24.7 Å². The summed E-state index contributed by atoms with van der Waals surface area (Å²) in [5.74, 6) is 0.360. The second-order valence-corrected chi connectivity index (χ2v) is 8.75. The minimum absolute atomic E-state index is 0.109. The third-order valence-corrected chi connectivity index (χ3v) is 6.11. The molecule has 1 N–H and O–H groups in total. The topological polar surface area (TPSA) is 66.8 Å². The van der Waals surface area contributed by atoms with Gasteiger partial charge in [-0.05, 0) is 67.3 Å². The molecule has 0 heterocycles. The van der Waals surface area contributed by atoms with Crippen LogP contribution in [0.15, 0.2) is 48.5 Å². The number of carbonyl (C=O) groups excluding carboxylic acids is 2. The molecule has 30 heavy (non-hydrogen) atoms. The van der Waals surface area contributed by atoms with E-state index in [1.54, 1.807) is 49.4 Å². The number of hydrogen-bond acceptors (Lipinski definition) is 4. The van der Waals surface area contributed by atoms with Crippen LogP contribution in [0.1, 0.15) is 66.3 Å². The predicted octanol–water partition coefficient (Wildman–Crippen LogP) is 5.65. The molecule has 1 aliphatic carbocycles. The first-order valence-electron chi connectivity index (χ1n) is 10.7. The highest BCUT2D eigenvalue weighted by atomic mass is 16.5. The summed E-state index contributed by atoms with van der Waals surface area (Å²) in [5, 5.41) is 11.1. The molecule has 3 rings (SSSR count). The van der Waals surface area contributed by atoms with Crippen molar-refractivity contribution in [3.05, 3.63) is 65.2 Å². The van der Waals surface area contributed by atoms with E-state index in [4.69, 9.17) is 4.74 Å².